The minimum atomic E-state index is -0.957. The predicted octanol–water partition coefficient (Wildman–Crippen LogP) is 1.57. The Hall–Kier alpha value is -2.37. The first-order valence-electron chi connectivity index (χ1n) is 7.69. The molecule has 0 aromatic heterocycles. The van der Waals surface area contributed by atoms with Crippen molar-refractivity contribution in [3.63, 3.8) is 0 Å². The molecule has 0 saturated carbocycles. The van der Waals surface area contributed by atoms with E-state index in [2.05, 4.69) is 5.32 Å². The number of carbonyl (C=O) groups is 3. The largest absolute Gasteiger partial charge is 0.481 e. The Balaban J connectivity index is 2.00. The number of carboxylic acid groups (broad SMARTS) is 1. The molecule has 124 valence electrons. The lowest BCUT2D eigenvalue weighted by Crippen LogP contribution is -2.43. The van der Waals surface area contributed by atoms with Crippen LogP contribution in [-0.4, -0.2) is 35.5 Å². The van der Waals surface area contributed by atoms with E-state index >= 15 is 0 Å². The van der Waals surface area contributed by atoms with Crippen molar-refractivity contribution < 1.29 is 19.5 Å². The number of amides is 2. The Morgan fingerprint density at radius 2 is 1.87 bits per heavy atom. The van der Waals surface area contributed by atoms with E-state index in [0.29, 0.717) is 6.54 Å². The van der Waals surface area contributed by atoms with Crippen LogP contribution in [0, 0.1) is 18.8 Å². The summed E-state index contributed by atoms with van der Waals surface area (Å²) in [5.74, 6) is -2.44. The van der Waals surface area contributed by atoms with Gasteiger partial charge < -0.3 is 15.3 Å². The van der Waals surface area contributed by atoms with Crippen LogP contribution < -0.4 is 10.2 Å². The van der Waals surface area contributed by atoms with Crippen LogP contribution >= 0.6 is 0 Å². The van der Waals surface area contributed by atoms with E-state index in [4.69, 9.17) is 5.11 Å². The average molecular weight is 318 g/mol. The van der Waals surface area contributed by atoms with E-state index in [0.717, 1.165) is 11.3 Å². The minimum absolute atomic E-state index is 0.0899. The van der Waals surface area contributed by atoms with Gasteiger partial charge in [0.2, 0.25) is 11.8 Å². The third kappa shape index (κ3) is 3.88. The molecule has 0 bridgehead atoms. The van der Waals surface area contributed by atoms with Crippen LogP contribution in [0.4, 0.5) is 5.69 Å². The molecule has 0 radical (unpaired) electrons. The molecule has 1 saturated heterocycles. The van der Waals surface area contributed by atoms with Gasteiger partial charge in [-0.15, -0.1) is 0 Å². The summed E-state index contributed by atoms with van der Waals surface area (Å²) in [5, 5.41) is 11.7. The molecular weight excluding hydrogens is 296 g/mol. The van der Waals surface area contributed by atoms with E-state index in [1.807, 2.05) is 31.2 Å². The summed E-state index contributed by atoms with van der Waals surface area (Å²) in [4.78, 5) is 37.0. The third-order valence-corrected chi connectivity index (χ3v) is 4.35. The number of aryl methyl sites for hydroxylation is 1. The number of rotatable bonds is 5. The molecule has 1 heterocycles. The van der Waals surface area contributed by atoms with Gasteiger partial charge in [0, 0.05) is 24.7 Å². The molecule has 2 amide bonds. The zero-order valence-electron chi connectivity index (χ0n) is 13.6. The molecule has 0 aliphatic carbocycles. The van der Waals surface area contributed by atoms with Crippen molar-refractivity contribution in [2.45, 2.75) is 33.2 Å². The highest BCUT2D eigenvalue weighted by Gasteiger charge is 2.36. The number of hydrogen-bond donors (Lipinski definition) is 2. The molecule has 1 aromatic rings. The Bertz CT molecular complexity index is 612. The monoisotopic (exact) mass is 318 g/mol. The first-order chi connectivity index (χ1) is 10.8. The quantitative estimate of drug-likeness (QED) is 0.863. The fourth-order valence-corrected chi connectivity index (χ4v) is 2.54. The molecule has 3 atom stereocenters. The highest BCUT2D eigenvalue weighted by Crippen LogP contribution is 2.25. The molecule has 1 aliphatic heterocycles. The lowest BCUT2D eigenvalue weighted by Gasteiger charge is -2.20. The van der Waals surface area contributed by atoms with E-state index < -0.39 is 23.8 Å². The summed E-state index contributed by atoms with van der Waals surface area (Å²) in [6.07, 6.45) is 0.147. The van der Waals surface area contributed by atoms with E-state index in [-0.39, 0.29) is 18.2 Å². The fraction of sp³-hybridized carbons (Fsp3) is 0.471. The van der Waals surface area contributed by atoms with E-state index in [1.165, 1.54) is 0 Å². The van der Waals surface area contributed by atoms with Crippen molar-refractivity contribution in [2.75, 3.05) is 11.4 Å². The number of carboxylic acids is 1. The van der Waals surface area contributed by atoms with Crippen LogP contribution in [0.15, 0.2) is 24.3 Å². The summed E-state index contributed by atoms with van der Waals surface area (Å²) in [6.45, 7) is 5.50. The number of anilines is 1. The molecule has 6 nitrogen and oxygen atoms in total. The van der Waals surface area contributed by atoms with Crippen molar-refractivity contribution in [2.24, 2.45) is 11.8 Å². The molecule has 2 N–H and O–H groups in total. The van der Waals surface area contributed by atoms with Crippen molar-refractivity contribution in [3.05, 3.63) is 29.8 Å². The van der Waals surface area contributed by atoms with Gasteiger partial charge in [-0.3, -0.25) is 14.4 Å². The summed E-state index contributed by atoms with van der Waals surface area (Å²) in [6, 6.07) is 7.09. The van der Waals surface area contributed by atoms with Crippen LogP contribution in [0.1, 0.15) is 25.8 Å². The van der Waals surface area contributed by atoms with Gasteiger partial charge in [0.25, 0.3) is 0 Å². The molecule has 1 fully saturated rings. The lowest BCUT2D eigenvalue weighted by atomic mass is 10.0. The third-order valence-electron chi connectivity index (χ3n) is 4.35. The molecular formula is C17H22N2O4. The van der Waals surface area contributed by atoms with Crippen molar-refractivity contribution >= 4 is 23.5 Å². The Kier molecular flexibility index (Phi) is 5.03. The van der Waals surface area contributed by atoms with Crippen LogP contribution in [0.3, 0.4) is 0 Å². The SMILES string of the molecule is Cc1ccc(N2CC(C(=O)NC(C)C(C)C(=O)O)CC2=O)cc1. The molecule has 1 aromatic carbocycles. The Morgan fingerprint density at radius 3 is 2.43 bits per heavy atom. The highest BCUT2D eigenvalue weighted by atomic mass is 16.4. The van der Waals surface area contributed by atoms with Gasteiger partial charge in [0.15, 0.2) is 0 Å². The van der Waals surface area contributed by atoms with Crippen LogP contribution in [0.2, 0.25) is 0 Å². The molecule has 6 heteroatoms. The molecule has 3 unspecified atom stereocenters. The highest BCUT2D eigenvalue weighted by molar-refractivity contribution is 6.00. The second-order valence-electron chi connectivity index (χ2n) is 6.17. The van der Waals surface area contributed by atoms with Gasteiger partial charge in [0.05, 0.1) is 11.8 Å². The minimum Gasteiger partial charge on any atom is -0.481 e. The van der Waals surface area contributed by atoms with Gasteiger partial charge in [-0.2, -0.15) is 0 Å². The summed E-state index contributed by atoms with van der Waals surface area (Å²) in [5.41, 5.74) is 1.88. The van der Waals surface area contributed by atoms with Gasteiger partial charge >= 0.3 is 5.97 Å². The number of nitrogens with one attached hydrogen (secondary N) is 1. The van der Waals surface area contributed by atoms with E-state index in [1.54, 1.807) is 18.7 Å². The summed E-state index contributed by atoms with van der Waals surface area (Å²) >= 11 is 0. The first kappa shape index (κ1) is 17.0. The van der Waals surface area contributed by atoms with Crippen molar-refractivity contribution in [3.8, 4) is 0 Å². The standard InChI is InChI=1S/C17H22N2O4/c1-10-4-6-14(7-5-10)19-9-13(8-15(19)20)16(21)18-12(3)11(2)17(22)23/h4-7,11-13H,8-9H2,1-3H3,(H,18,21)(H,22,23). The fourth-order valence-electron chi connectivity index (χ4n) is 2.54. The smallest absolute Gasteiger partial charge is 0.308 e. The molecule has 2 rings (SSSR count). The Morgan fingerprint density at radius 1 is 1.26 bits per heavy atom. The van der Waals surface area contributed by atoms with Gasteiger partial charge in [-0.25, -0.2) is 0 Å². The number of hydrogen-bond acceptors (Lipinski definition) is 3. The second-order valence-corrected chi connectivity index (χ2v) is 6.17. The van der Waals surface area contributed by atoms with Gasteiger partial charge in [-0.05, 0) is 32.9 Å². The average Bonchev–Trinajstić information content (AvgIpc) is 2.89. The molecule has 1 aliphatic rings. The maximum Gasteiger partial charge on any atom is 0.308 e. The Labute approximate surface area is 135 Å². The maximum atomic E-state index is 12.3. The predicted molar refractivity (Wildman–Crippen MR) is 86.0 cm³/mol. The first-order valence-corrected chi connectivity index (χ1v) is 7.69. The zero-order valence-corrected chi connectivity index (χ0v) is 13.6. The van der Waals surface area contributed by atoms with Crippen LogP contribution in [0.25, 0.3) is 0 Å². The number of carbonyl (C=O) groups excluding carboxylic acids is 2. The van der Waals surface area contributed by atoms with E-state index in [9.17, 15) is 14.4 Å². The molecule has 0 spiro atoms. The zero-order chi connectivity index (χ0) is 17.1. The second kappa shape index (κ2) is 6.81. The maximum absolute atomic E-state index is 12.3. The van der Waals surface area contributed by atoms with Crippen molar-refractivity contribution in [1.29, 1.82) is 0 Å². The van der Waals surface area contributed by atoms with Gasteiger partial charge in [0.1, 0.15) is 0 Å². The molecule has 23 heavy (non-hydrogen) atoms. The number of aliphatic carboxylic acids is 1. The summed E-state index contributed by atoms with van der Waals surface area (Å²) < 4.78 is 0. The number of benzene rings is 1. The lowest BCUT2D eigenvalue weighted by molar-refractivity contribution is -0.142. The van der Waals surface area contributed by atoms with Gasteiger partial charge in [-0.1, -0.05) is 17.7 Å². The van der Waals surface area contributed by atoms with Crippen molar-refractivity contribution in [1.82, 2.24) is 5.32 Å². The summed E-state index contributed by atoms with van der Waals surface area (Å²) in [7, 11) is 0. The van der Waals surface area contributed by atoms with Crippen LogP contribution in [-0.2, 0) is 14.4 Å². The topological polar surface area (TPSA) is 86.7 Å². The van der Waals surface area contributed by atoms with Crippen LogP contribution in [0.5, 0.6) is 0 Å². The normalized spacial score (nSPS) is 20.2. The number of nitrogens with zero attached hydrogens (tertiary/aromatic N) is 1.